The van der Waals surface area contributed by atoms with Crippen LogP contribution in [0, 0.1) is 0 Å². The maximum atomic E-state index is 13.0. The Bertz CT molecular complexity index is 1000. The van der Waals surface area contributed by atoms with Crippen molar-refractivity contribution in [3.05, 3.63) is 53.6 Å². The van der Waals surface area contributed by atoms with Gasteiger partial charge in [-0.05, 0) is 56.4 Å². The number of carbonyl (C=O) groups is 1. The van der Waals surface area contributed by atoms with E-state index in [1.807, 2.05) is 38.4 Å². The van der Waals surface area contributed by atoms with E-state index in [2.05, 4.69) is 10.2 Å². The molecule has 1 aliphatic rings. The van der Waals surface area contributed by atoms with Gasteiger partial charge < -0.3 is 19.7 Å². The number of amides is 1. The number of carbonyl (C=O) groups excluding carboxylic acids is 1. The van der Waals surface area contributed by atoms with Crippen LogP contribution < -0.4 is 10.1 Å². The Hall–Kier alpha value is -2.46. The molecule has 8 nitrogen and oxygen atoms in total. The first-order valence-corrected chi connectivity index (χ1v) is 11.6. The number of nitrogens with one attached hydrogen (secondary N) is 1. The van der Waals surface area contributed by atoms with E-state index >= 15 is 0 Å². The van der Waals surface area contributed by atoms with E-state index in [4.69, 9.17) is 9.47 Å². The van der Waals surface area contributed by atoms with E-state index in [0.717, 1.165) is 13.0 Å². The molecule has 168 valence electrons. The third kappa shape index (κ3) is 5.82. The van der Waals surface area contributed by atoms with Crippen molar-refractivity contribution in [1.29, 1.82) is 0 Å². The van der Waals surface area contributed by atoms with E-state index < -0.39 is 15.9 Å². The zero-order chi connectivity index (χ0) is 22.4. The molecule has 0 bridgehead atoms. The molecule has 0 aliphatic carbocycles. The average molecular weight is 448 g/mol. The number of likely N-dealkylation sites (N-methyl/N-ethyl adjacent to an activating group) is 1. The summed E-state index contributed by atoms with van der Waals surface area (Å²) in [5.41, 5.74) is 1.96. The molecule has 1 aliphatic heterocycles. The fraction of sp³-hybridized carbons (Fsp3) is 0.409. The first kappa shape index (κ1) is 23.2. The summed E-state index contributed by atoms with van der Waals surface area (Å²) < 4.78 is 37.8. The number of morpholine rings is 1. The summed E-state index contributed by atoms with van der Waals surface area (Å²) in [6, 6.07) is 11.9. The Kier molecular flexibility index (Phi) is 7.66. The highest BCUT2D eigenvalue weighted by molar-refractivity contribution is 7.89. The van der Waals surface area contributed by atoms with Gasteiger partial charge in [0, 0.05) is 25.3 Å². The second-order valence-corrected chi connectivity index (χ2v) is 9.52. The van der Waals surface area contributed by atoms with Gasteiger partial charge in [-0.2, -0.15) is 4.31 Å². The molecule has 2 aromatic rings. The van der Waals surface area contributed by atoms with Gasteiger partial charge in [0.1, 0.15) is 5.75 Å². The molecule has 1 fully saturated rings. The van der Waals surface area contributed by atoms with Gasteiger partial charge in [-0.3, -0.25) is 4.79 Å². The van der Waals surface area contributed by atoms with Gasteiger partial charge in [-0.25, -0.2) is 8.42 Å². The molecular weight excluding hydrogens is 418 g/mol. The summed E-state index contributed by atoms with van der Waals surface area (Å²) >= 11 is 0. The molecule has 9 heteroatoms. The number of ether oxygens (including phenoxy) is 2. The number of sulfonamides is 1. The van der Waals surface area contributed by atoms with Crippen LogP contribution in [0.25, 0.3) is 0 Å². The minimum atomic E-state index is -3.72. The monoisotopic (exact) mass is 447 g/mol. The molecular formula is C22H29N3O5S. The topological polar surface area (TPSA) is 88.2 Å². The second-order valence-electron chi connectivity index (χ2n) is 7.58. The molecule has 3 rings (SSSR count). The van der Waals surface area contributed by atoms with Crippen molar-refractivity contribution in [2.24, 2.45) is 0 Å². The van der Waals surface area contributed by atoms with Gasteiger partial charge in [0.15, 0.2) is 0 Å². The summed E-state index contributed by atoms with van der Waals surface area (Å²) in [6.45, 7) is 2.22. The van der Waals surface area contributed by atoms with Crippen molar-refractivity contribution in [2.75, 3.05) is 59.4 Å². The van der Waals surface area contributed by atoms with Crippen LogP contribution in [0.1, 0.15) is 15.9 Å². The zero-order valence-corrected chi connectivity index (χ0v) is 18.9. The Morgan fingerprint density at radius 3 is 2.42 bits per heavy atom. The number of benzene rings is 2. The predicted molar refractivity (Wildman–Crippen MR) is 119 cm³/mol. The molecule has 0 radical (unpaired) electrons. The minimum absolute atomic E-state index is 0.0550. The molecule has 31 heavy (non-hydrogen) atoms. The summed E-state index contributed by atoms with van der Waals surface area (Å²) in [7, 11) is 1.77. The second kappa shape index (κ2) is 10.2. The standard InChI is InChI=1S/C22H29N3O5S/c1-24(2)11-10-17-4-6-18(7-5-17)23-22(26)20-16-19(8-9-21(20)29-3)31(27,28)25-12-14-30-15-13-25/h4-9,16H,10-15H2,1-3H3,(H,23,26). The highest BCUT2D eigenvalue weighted by Gasteiger charge is 2.28. The first-order chi connectivity index (χ1) is 14.8. The molecule has 0 saturated carbocycles. The number of rotatable bonds is 8. The molecule has 0 spiro atoms. The van der Waals surface area contributed by atoms with Gasteiger partial charge in [0.25, 0.3) is 5.91 Å². The summed E-state index contributed by atoms with van der Waals surface area (Å²) in [6.07, 6.45) is 0.913. The molecule has 0 aromatic heterocycles. The number of nitrogens with zero attached hydrogens (tertiary/aromatic N) is 2. The number of methoxy groups -OCH3 is 1. The lowest BCUT2D eigenvalue weighted by Gasteiger charge is -2.26. The van der Waals surface area contributed by atoms with Crippen LogP contribution in [0.2, 0.25) is 0 Å². The minimum Gasteiger partial charge on any atom is -0.496 e. The third-order valence-electron chi connectivity index (χ3n) is 5.08. The van der Waals surface area contributed by atoms with Crippen LogP contribution in [0.3, 0.4) is 0 Å². The lowest BCUT2D eigenvalue weighted by atomic mass is 10.1. The molecule has 1 heterocycles. The van der Waals surface area contributed by atoms with E-state index in [0.29, 0.717) is 24.7 Å². The molecule has 2 aromatic carbocycles. The lowest BCUT2D eigenvalue weighted by molar-refractivity contribution is 0.0730. The normalized spacial score (nSPS) is 15.1. The van der Waals surface area contributed by atoms with Crippen LogP contribution in [0.5, 0.6) is 5.75 Å². The largest absolute Gasteiger partial charge is 0.496 e. The van der Waals surface area contributed by atoms with E-state index in [1.165, 1.54) is 35.2 Å². The number of hydrogen-bond donors (Lipinski definition) is 1. The summed E-state index contributed by atoms with van der Waals surface area (Å²) in [5.74, 6) is -0.127. The van der Waals surface area contributed by atoms with Gasteiger partial charge in [-0.15, -0.1) is 0 Å². The van der Waals surface area contributed by atoms with E-state index in [1.54, 1.807) is 0 Å². The summed E-state index contributed by atoms with van der Waals surface area (Å²) in [5, 5.41) is 2.83. The van der Waals surface area contributed by atoms with E-state index in [9.17, 15) is 13.2 Å². The van der Waals surface area contributed by atoms with Gasteiger partial charge in [-0.1, -0.05) is 12.1 Å². The molecule has 1 N–H and O–H groups in total. The molecule has 1 saturated heterocycles. The molecule has 0 unspecified atom stereocenters. The van der Waals surface area contributed by atoms with Crippen LogP contribution in [0.15, 0.2) is 47.4 Å². The Labute approximate surface area is 183 Å². The maximum absolute atomic E-state index is 13.0. The predicted octanol–water partition coefficient (Wildman–Crippen LogP) is 2.07. The van der Waals surface area contributed by atoms with Crippen molar-refractivity contribution in [3.8, 4) is 5.75 Å². The van der Waals surface area contributed by atoms with Crippen molar-refractivity contribution >= 4 is 21.6 Å². The van der Waals surface area contributed by atoms with Crippen LogP contribution in [-0.2, 0) is 21.2 Å². The highest BCUT2D eigenvalue weighted by Crippen LogP contribution is 2.26. The third-order valence-corrected chi connectivity index (χ3v) is 6.98. The SMILES string of the molecule is COc1ccc(S(=O)(=O)N2CCOCC2)cc1C(=O)Nc1ccc(CCN(C)C)cc1. The molecule has 0 atom stereocenters. The number of hydrogen-bond acceptors (Lipinski definition) is 6. The highest BCUT2D eigenvalue weighted by atomic mass is 32.2. The Morgan fingerprint density at radius 2 is 1.81 bits per heavy atom. The smallest absolute Gasteiger partial charge is 0.259 e. The lowest BCUT2D eigenvalue weighted by Crippen LogP contribution is -2.40. The van der Waals surface area contributed by atoms with Crippen molar-refractivity contribution in [3.63, 3.8) is 0 Å². The van der Waals surface area contributed by atoms with E-state index in [-0.39, 0.29) is 23.5 Å². The Balaban J connectivity index is 1.79. The van der Waals surface area contributed by atoms with Gasteiger partial charge in [0.05, 0.1) is 30.8 Å². The zero-order valence-electron chi connectivity index (χ0n) is 18.1. The van der Waals surface area contributed by atoms with Crippen molar-refractivity contribution in [1.82, 2.24) is 9.21 Å². The number of anilines is 1. The van der Waals surface area contributed by atoms with Crippen molar-refractivity contribution < 1.29 is 22.7 Å². The maximum Gasteiger partial charge on any atom is 0.259 e. The van der Waals surface area contributed by atoms with Gasteiger partial charge >= 0.3 is 0 Å². The first-order valence-electron chi connectivity index (χ1n) is 10.1. The average Bonchev–Trinajstić information content (AvgIpc) is 2.78. The van der Waals surface area contributed by atoms with Crippen LogP contribution in [0.4, 0.5) is 5.69 Å². The van der Waals surface area contributed by atoms with Crippen LogP contribution >= 0.6 is 0 Å². The quantitative estimate of drug-likeness (QED) is 0.667. The van der Waals surface area contributed by atoms with Gasteiger partial charge in [0.2, 0.25) is 10.0 Å². The van der Waals surface area contributed by atoms with Crippen molar-refractivity contribution in [2.45, 2.75) is 11.3 Å². The van der Waals surface area contributed by atoms with Crippen LogP contribution in [-0.4, -0.2) is 77.6 Å². The fourth-order valence-electron chi connectivity index (χ4n) is 3.27. The Morgan fingerprint density at radius 1 is 1.13 bits per heavy atom. The molecule has 1 amide bonds. The summed E-state index contributed by atoms with van der Waals surface area (Å²) in [4.78, 5) is 15.1. The fourth-order valence-corrected chi connectivity index (χ4v) is 4.70.